The first-order valence-corrected chi connectivity index (χ1v) is 8.16. The summed E-state index contributed by atoms with van der Waals surface area (Å²) in [6, 6.07) is 24.3. The lowest BCUT2D eigenvalue weighted by atomic mass is 10.1. The highest BCUT2D eigenvalue weighted by molar-refractivity contribution is 5.71. The first-order chi connectivity index (χ1) is 12.7. The molecule has 4 aromatic rings. The predicted molar refractivity (Wildman–Crippen MR) is 102 cm³/mol. The third-order valence-electron chi connectivity index (χ3n) is 3.96. The second-order valence-corrected chi connectivity index (χ2v) is 5.81. The summed E-state index contributed by atoms with van der Waals surface area (Å²) in [5, 5.41) is 10.3. The number of benzene rings is 3. The summed E-state index contributed by atoms with van der Waals surface area (Å²) in [4.78, 5) is 13.8. The fourth-order valence-electron chi connectivity index (χ4n) is 2.67. The van der Waals surface area contributed by atoms with E-state index < -0.39 is 0 Å². The molecule has 0 radical (unpaired) electrons. The van der Waals surface area contributed by atoms with Gasteiger partial charge in [-0.2, -0.15) is 0 Å². The molecule has 0 saturated carbocycles. The fourth-order valence-corrected chi connectivity index (χ4v) is 2.67. The summed E-state index contributed by atoms with van der Waals surface area (Å²) in [6.07, 6.45) is 0. The maximum Gasteiger partial charge on any atom is 0.167 e. The Labute approximate surface area is 150 Å². The number of phenolic OH excluding ortho intramolecular Hbond substituents is 1. The molecule has 3 aromatic carbocycles. The molecule has 0 saturated heterocycles. The smallest absolute Gasteiger partial charge is 0.167 e. The zero-order valence-electron chi connectivity index (χ0n) is 13.9. The Balaban J connectivity index is 1.94. The number of nitrogen functional groups attached to an aromatic ring is 1. The van der Waals surface area contributed by atoms with Crippen LogP contribution in [0.25, 0.3) is 34.2 Å². The van der Waals surface area contributed by atoms with Crippen LogP contribution in [0.2, 0.25) is 0 Å². The van der Waals surface area contributed by atoms with Crippen molar-refractivity contribution in [2.45, 2.75) is 0 Å². The topological polar surface area (TPSA) is 84.9 Å². The molecule has 1 heterocycles. The maximum absolute atomic E-state index is 10.3. The Kier molecular flexibility index (Phi) is 4.03. The SMILES string of the molecule is Nc1ccc(-c2nc(-c3ccccc3)nc(-c3ccccc3)n2)c(O)c1. The number of hydrogen-bond acceptors (Lipinski definition) is 5. The van der Waals surface area contributed by atoms with E-state index in [2.05, 4.69) is 15.0 Å². The molecule has 0 spiro atoms. The van der Waals surface area contributed by atoms with Gasteiger partial charge in [0.25, 0.3) is 0 Å². The molecule has 0 bridgehead atoms. The highest BCUT2D eigenvalue weighted by Crippen LogP contribution is 2.31. The lowest BCUT2D eigenvalue weighted by Gasteiger charge is -2.09. The van der Waals surface area contributed by atoms with Gasteiger partial charge < -0.3 is 10.8 Å². The minimum atomic E-state index is 0.0363. The van der Waals surface area contributed by atoms with Crippen LogP contribution in [0, 0.1) is 0 Å². The van der Waals surface area contributed by atoms with Gasteiger partial charge in [-0.15, -0.1) is 0 Å². The number of nitrogens with two attached hydrogens (primary N) is 1. The standard InChI is InChI=1S/C21H16N4O/c22-16-11-12-17(18(26)13-16)21-24-19(14-7-3-1-4-8-14)23-20(25-21)15-9-5-2-6-10-15/h1-13,26H,22H2. The second kappa shape index (κ2) is 6.64. The van der Waals surface area contributed by atoms with E-state index in [9.17, 15) is 5.11 Å². The molecule has 5 heteroatoms. The summed E-state index contributed by atoms with van der Waals surface area (Å²) in [5.41, 5.74) is 8.48. The maximum atomic E-state index is 10.3. The third kappa shape index (κ3) is 3.10. The number of aromatic nitrogens is 3. The molecule has 0 aliphatic rings. The van der Waals surface area contributed by atoms with Crippen LogP contribution in [0.5, 0.6) is 5.75 Å². The zero-order chi connectivity index (χ0) is 17.9. The van der Waals surface area contributed by atoms with Gasteiger partial charge in [0, 0.05) is 22.9 Å². The molecule has 4 rings (SSSR count). The zero-order valence-corrected chi connectivity index (χ0v) is 13.9. The average Bonchev–Trinajstić information content (AvgIpc) is 2.69. The largest absolute Gasteiger partial charge is 0.507 e. The molecular formula is C21H16N4O. The molecule has 0 aliphatic heterocycles. The van der Waals surface area contributed by atoms with Crippen molar-refractivity contribution in [1.82, 2.24) is 15.0 Å². The van der Waals surface area contributed by atoms with Crippen LogP contribution in [0.3, 0.4) is 0 Å². The molecule has 1 aromatic heterocycles. The number of rotatable bonds is 3. The number of anilines is 1. The van der Waals surface area contributed by atoms with Gasteiger partial charge >= 0.3 is 0 Å². The molecular weight excluding hydrogens is 324 g/mol. The third-order valence-corrected chi connectivity index (χ3v) is 3.96. The molecule has 0 atom stereocenters. The summed E-state index contributed by atoms with van der Waals surface area (Å²) in [5.74, 6) is 1.53. The van der Waals surface area contributed by atoms with Crippen molar-refractivity contribution >= 4 is 5.69 Å². The van der Waals surface area contributed by atoms with E-state index in [0.29, 0.717) is 28.7 Å². The minimum Gasteiger partial charge on any atom is -0.507 e. The number of phenols is 1. The Morgan fingerprint density at radius 1 is 0.615 bits per heavy atom. The van der Waals surface area contributed by atoms with Crippen molar-refractivity contribution in [2.75, 3.05) is 5.73 Å². The normalized spacial score (nSPS) is 10.6. The van der Waals surface area contributed by atoms with E-state index in [1.54, 1.807) is 12.1 Å². The lowest BCUT2D eigenvalue weighted by molar-refractivity contribution is 0.477. The van der Waals surface area contributed by atoms with E-state index in [1.165, 1.54) is 6.07 Å². The van der Waals surface area contributed by atoms with Gasteiger partial charge in [-0.05, 0) is 12.1 Å². The van der Waals surface area contributed by atoms with Crippen molar-refractivity contribution in [1.29, 1.82) is 0 Å². The molecule has 0 amide bonds. The van der Waals surface area contributed by atoms with Crippen LogP contribution in [-0.4, -0.2) is 20.1 Å². The van der Waals surface area contributed by atoms with Gasteiger partial charge in [0.1, 0.15) is 5.75 Å². The van der Waals surface area contributed by atoms with Crippen LogP contribution in [0.4, 0.5) is 5.69 Å². The van der Waals surface area contributed by atoms with Gasteiger partial charge in [0.2, 0.25) is 0 Å². The fraction of sp³-hybridized carbons (Fsp3) is 0. The van der Waals surface area contributed by atoms with E-state index >= 15 is 0 Å². The second-order valence-electron chi connectivity index (χ2n) is 5.81. The van der Waals surface area contributed by atoms with Gasteiger partial charge in [0.15, 0.2) is 17.5 Å². The van der Waals surface area contributed by atoms with Crippen LogP contribution >= 0.6 is 0 Å². The van der Waals surface area contributed by atoms with E-state index in [-0.39, 0.29) is 5.75 Å². The first-order valence-electron chi connectivity index (χ1n) is 8.16. The first kappa shape index (κ1) is 15.8. The van der Waals surface area contributed by atoms with E-state index in [0.717, 1.165) is 11.1 Å². The highest BCUT2D eigenvalue weighted by Gasteiger charge is 2.14. The summed E-state index contributed by atoms with van der Waals surface area (Å²) in [6.45, 7) is 0. The molecule has 5 nitrogen and oxygen atoms in total. The number of hydrogen-bond donors (Lipinski definition) is 2. The number of nitrogens with zero attached hydrogens (tertiary/aromatic N) is 3. The monoisotopic (exact) mass is 340 g/mol. The molecule has 3 N–H and O–H groups in total. The van der Waals surface area contributed by atoms with Gasteiger partial charge in [0.05, 0.1) is 5.56 Å². The molecule has 0 aliphatic carbocycles. The van der Waals surface area contributed by atoms with E-state index in [4.69, 9.17) is 5.73 Å². The molecule has 26 heavy (non-hydrogen) atoms. The van der Waals surface area contributed by atoms with Gasteiger partial charge in [-0.25, -0.2) is 15.0 Å². The Morgan fingerprint density at radius 2 is 1.12 bits per heavy atom. The summed E-state index contributed by atoms with van der Waals surface area (Å²) < 4.78 is 0. The molecule has 126 valence electrons. The van der Waals surface area contributed by atoms with E-state index in [1.807, 2.05) is 60.7 Å². The predicted octanol–water partition coefficient (Wildman–Crippen LogP) is 4.16. The minimum absolute atomic E-state index is 0.0363. The van der Waals surface area contributed by atoms with Crippen molar-refractivity contribution in [2.24, 2.45) is 0 Å². The van der Waals surface area contributed by atoms with Crippen LogP contribution in [0.1, 0.15) is 0 Å². The highest BCUT2D eigenvalue weighted by atomic mass is 16.3. The summed E-state index contributed by atoms with van der Waals surface area (Å²) >= 11 is 0. The van der Waals surface area contributed by atoms with Gasteiger partial charge in [-0.3, -0.25) is 0 Å². The van der Waals surface area contributed by atoms with Crippen molar-refractivity contribution in [3.63, 3.8) is 0 Å². The van der Waals surface area contributed by atoms with Crippen LogP contribution in [-0.2, 0) is 0 Å². The van der Waals surface area contributed by atoms with Gasteiger partial charge in [-0.1, -0.05) is 60.7 Å². The average molecular weight is 340 g/mol. The van der Waals surface area contributed by atoms with Crippen LogP contribution < -0.4 is 5.73 Å². The van der Waals surface area contributed by atoms with Crippen molar-refractivity contribution < 1.29 is 5.11 Å². The molecule has 0 unspecified atom stereocenters. The Hall–Kier alpha value is -3.73. The van der Waals surface area contributed by atoms with Crippen molar-refractivity contribution in [3.8, 4) is 39.9 Å². The van der Waals surface area contributed by atoms with Crippen molar-refractivity contribution in [3.05, 3.63) is 78.9 Å². The Bertz CT molecular complexity index is 992. The quantitative estimate of drug-likeness (QED) is 0.547. The lowest BCUT2D eigenvalue weighted by Crippen LogP contribution is -2.00. The molecule has 0 fully saturated rings. The number of aromatic hydroxyl groups is 1. The summed E-state index contributed by atoms with van der Waals surface area (Å²) in [7, 11) is 0. The van der Waals surface area contributed by atoms with Crippen LogP contribution in [0.15, 0.2) is 78.9 Å². The Morgan fingerprint density at radius 3 is 1.62 bits per heavy atom.